The minimum absolute atomic E-state index is 0.387. The lowest BCUT2D eigenvalue weighted by Crippen LogP contribution is -2.30. The van der Waals surface area contributed by atoms with Crippen molar-refractivity contribution in [3.05, 3.63) is 28.8 Å². The van der Waals surface area contributed by atoms with Crippen LogP contribution in [0.2, 0.25) is 5.02 Å². The second-order valence-electron chi connectivity index (χ2n) is 3.45. The Morgan fingerprint density at radius 3 is 2.81 bits per heavy atom. The third-order valence-electron chi connectivity index (χ3n) is 2.28. The van der Waals surface area contributed by atoms with Crippen LogP contribution in [0, 0.1) is 0 Å². The number of hydrogen-bond donors (Lipinski definition) is 2. The average molecular weight is 244 g/mol. The molecule has 0 radical (unpaired) electrons. The number of carboxylic acid groups (broad SMARTS) is 1. The molecule has 0 saturated carbocycles. The minimum Gasteiger partial charge on any atom is -0.495 e. The molecule has 1 rings (SSSR count). The lowest BCUT2D eigenvalue weighted by atomic mass is 10.1. The van der Waals surface area contributed by atoms with Gasteiger partial charge in [0, 0.05) is 0 Å². The molecular formula is C11H14ClNO3. The molecule has 88 valence electrons. The van der Waals surface area contributed by atoms with Gasteiger partial charge in [-0.1, -0.05) is 17.7 Å². The van der Waals surface area contributed by atoms with Gasteiger partial charge >= 0.3 is 5.97 Å². The van der Waals surface area contributed by atoms with Crippen molar-refractivity contribution < 1.29 is 14.6 Å². The number of halogens is 1. The molecular weight excluding hydrogens is 230 g/mol. The van der Waals surface area contributed by atoms with Crippen molar-refractivity contribution in [2.45, 2.75) is 18.9 Å². The number of carbonyl (C=O) groups is 1. The van der Waals surface area contributed by atoms with Crippen LogP contribution in [-0.4, -0.2) is 24.2 Å². The molecule has 1 aromatic carbocycles. The Labute approximate surface area is 99.0 Å². The lowest BCUT2D eigenvalue weighted by molar-refractivity contribution is -0.138. The Morgan fingerprint density at radius 2 is 2.31 bits per heavy atom. The fraction of sp³-hybridized carbons (Fsp3) is 0.364. The van der Waals surface area contributed by atoms with E-state index in [9.17, 15) is 4.79 Å². The highest BCUT2D eigenvalue weighted by Gasteiger charge is 2.11. The summed E-state index contributed by atoms with van der Waals surface area (Å²) in [5.74, 6) is -0.382. The molecule has 0 aliphatic heterocycles. The van der Waals surface area contributed by atoms with Crippen LogP contribution in [0.1, 0.15) is 12.0 Å². The molecule has 1 aromatic rings. The monoisotopic (exact) mass is 243 g/mol. The summed E-state index contributed by atoms with van der Waals surface area (Å²) in [7, 11) is 1.54. The van der Waals surface area contributed by atoms with Gasteiger partial charge in [-0.3, -0.25) is 4.79 Å². The van der Waals surface area contributed by atoms with E-state index in [0.717, 1.165) is 5.56 Å². The maximum absolute atomic E-state index is 10.5. The normalized spacial score (nSPS) is 12.2. The van der Waals surface area contributed by atoms with Gasteiger partial charge in [-0.2, -0.15) is 0 Å². The van der Waals surface area contributed by atoms with Crippen molar-refractivity contribution in [3.8, 4) is 5.75 Å². The Morgan fingerprint density at radius 1 is 1.62 bits per heavy atom. The second kappa shape index (κ2) is 5.72. The highest BCUT2D eigenvalue weighted by atomic mass is 35.5. The van der Waals surface area contributed by atoms with Crippen LogP contribution in [0.5, 0.6) is 5.75 Å². The molecule has 0 fully saturated rings. The number of carboxylic acids is 1. The molecule has 1 atom stereocenters. The second-order valence-corrected chi connectivity index (χ2v) is 3.86. The van der Waals surface area contributed by atoms with Gasteiger partial charge in [0.15, 0.2) is 0 Å². The number of aliphatic carboxylic acids is 1. The molecule has 4 nitrogen and oxygen atoms in total. The molecule has 3 N–H and O–H groups in total. The van der Waals surface area contributed by atoms with E-state index >= 15 is 0 Å². The van der Waals surface area contributed by atoms with Gasteiger partial charge in [-0.15, -0.1) is 0 Å². The minimum atomic E-state index is -0.986. The summed E-state index contributed by atoms with van der Waals surface area (Å²) < 4.78 is 5.01. The molecule has 0 heterocycles. The smallest absolute Gasteiger partial charge is 0.320 e. The van der Waals surface area contributed by atoms with Crippen molar-refractivity contribution in [1.82, 2.24) is 0 Å². The summed E-state index contributed by atoms with van der Waals surface area (Å²) in [4.78, 5) is 10.5. The average Bonchev–Trinajstić information content (AvgIpc) is 2.25. The number of ether oxygens (including phenoxy) is 1. The number of hydrogen-bond acceptors (Lipinski definition) is 3. The summed E-state index contributed by atoms with van der Waals surface area (Å²) >= 11 is 5.93. The predicted octanol–water partition coefficient (Wildman–Crippen LogP) is 1.69. The first-order valence-corrected chi connectivity index (χ1v) is 5.23. The molecule has 0 amide bonds. The SMILES string of the molecule is COc1ccc(CC[C@@H](N)C(=O)O)cc1Cl. The zero-order valence-electron chi connectivity index (χ0n) is 8.94. The summed E-state index contributed by atoms with van der Waals surface area (Å²) in [5, 5.41) is 9.14. The molecule has 0 spiro atoms. The number of rotatable bonds is 5. The molecule has 0 unspecified atom stereocenters. The molecule has 0 bridgehead atoms. The molecule has 5 heteroatoms. The summed E-state index contributed by atoms with van der Waals surface area (Å²) in [6, 6.07) is 4.53. The van der Waals surface area contributed by atoms with E-state index in [1.165, 1.54) is 0 Å². The quantitative estimate of drug-likeness (QED) is 0.826. The number of benzene rings is 1. The van der Waals surface area contributed by atoms with Gasteiger partial charge < -0.3 is 15.6 Å². The van der Waals surface area contributed by atoms with Gasteiger partial charge in [0.1, 0.15) is 11.8 Å². The maximum Gasteiger partial charge on any atom is 0.320 e. The first-order valence-electron chi connectivity index (χ1n) is 4.85. The standard InChI is InChI=1S/C11H14ClNO3/c1-16-10-5-3-7(6-8(10)12)2-4-9(13)11(14)15/h3,5-6,9H,2,4,13H2,1H3,(H,14,15)/t9-/m1/s1. The Bertz CT molecular complexity index is 381. The number of methoxy groups -OCH3 is 1. The molecule has 0 aromatic heterocycles. The van der Waals surface area contributed by atoms with E-state index in [0.29, 0.717) is 23.6 Å². The third kappa shape index (κ3) is 3.40. The van der Waals surface area contributed by atoms with Crippen molar-refractivity contribution in [2.24, 2.45) is 5.73 Å². The van der Waals surface area contributed by atoms with Crippen LogP contribution in [0.3, 0.4) is 0 Å². The van der Waals surface area contributed by atoms with Gasteiger partial charge in [0.2, 0.25) is 0 Å². The molecule has 16 heavy (non-hydrogen) atoms. The molecule has 0 aliphatic rings. The predicted molar refractivity (Wildman–Crippen MR) is 61.9 cm³/mol. The van der Waals surface area contributed by atoms with E-state index < -0.39 is 12.0 Å². The fourth-order valence-electron chi connectivity index (χ4n) is 1.31. The third-order valence-corrected chi connectivity index (χ3v) is 2.57. The highest BCUT2D eigenvalue weighted by Crippen LogP contribution is 2.25. The van der Waals surface area contributed by atoms with Crippen molar-refractivity contribution in [3.63, 3.8) is 0 Å². The van der Waals surface area contributed by atoms with Crippen LogP contribution in [0.25, 0.3) is 0 Å². The van der Waals surface area contributed by atoms with E-state index in [-0.39, 0.29) is 0 Å². The van der Waals surface area contributed by atoms with Crippen molar-refractivity contribution in [1.29, 1.82) is 0 Å². The van der Waals surface area contributed by atoms with Crippen LogP contribution in [0.15, 0.2) is 18.2 Å². The van der Waals surface area contributed by atoms with E-state index in [2.05, 4.69) is 0 Å². The Hall–Kier alpha value is -1.26. The summed E-state index contributed by atoms with van der Waals surface area (Å²) in [6.07, 6.45) is 0.967. The van der Waals surface area contributed by atoms with Crippen LogP contribution in [-0.2, 0) is 11.2 Å². The zero-order valence-corrected chi connectivity index (χ0v) is 9.70. The van der Waals surface area contributed by atoms with E-state index in [1.807, 2.05) is 6.07 Å². The Kier molecular flexibility index (Phi) is 4.58. The van der Waals surface area contributed by atoms with Crippen LogP contribution >= 0.6 is 11.6 Å². The topological polar surface area (TPSA) is 72.5 Å². The van der Waals surface area contributed by atoms with E-state index in [4.69, 9.17) is 27.2 Å². The number of aryl methyl sites for hydroxylation is 1. The highest BCUT2D eigenvalue weighted by molar-refractivity contribution is 6.32. The van der Waals surface area contributed by atoms with Crippen molar-refractivity contribution >= 4 is 17.6 Å². The maximum atomic E-state index is 10.5. The van der Waals surface area contributed by atoms with Crippen LogP contribution < -0.4 is 10.5 Å². The Balaban J connectivity index is 2.62. The van der Waals surface area contributed by atoms with E-state index in [1.54, 1.807) is 19.2 Å². The number of nitrogens with two attached hydrogens (primary N) is 1. The molecule has 0 saturated heterocycles. The van der Waals surface area contributed by atoms with Gasteiger partial charge in [0.05, 0.1) is 12.1 Å². The van der Waals surface area contributed by atoms with Gasteiger partial charge in [-0.25, -0.2) is 0 Å². The first kappa shape index (κ1) is 12.8. The first-order chi connectivity index (χ1) is 7.54. The largest absolute Gasteiger partial charge is 0.495 e. The fourth-order valence-corrected chi connectivity index (χ4v) is 1.59. The van der Waals surface area contributed by atoms with Gasteiger partial charge in [0.25, 0.3) is 0 Å². The lowest BCUT2D eigenvalue weighted by Gasteiger charge is -2.08. The van der Waals surface area contributed by atoms with Crippen LogP contribution in [0.4, 0.5) is 0 Å². The summed E-state index contributed by atoms with van der Waals surface area (Å²) in [6.45, 7) is 0. The van der Waals surface area contributed by atoms with Gasteiger partial charge in [-0.05, 0) is 30.5 Å². The zero-order chi connectivity index (χ0) is 12.1. The molecule has 0 aliphatic carbocycles. The summed E-state index contributed by atoms with van der Waals surface area (Å²) in [5.41, 5.74) is 6.35. The van der Waals surface area contributed by atoms with Crippen molar-refractivity contribution in [2.75, 3.05) is 7.11 Å².